The number of hydrogen-bond acceptors (Lipinski definition) is 4. The maximum Gasteiger partial charge on any atom is 0.326 e. The zero-order valence-corrected chi connectivity index (χ0v) is 14.7. The summed E-state index contributed by atoms with van der Waals surface area (Å²) < 4.78 is 11.4. The molecule has 2 aliphatic carbocycles. The van der Waals surface area contributed by atoms with Gasteiger partial charge in [0.15, 0.2) is 11.5 Å². The summed E-state index contributed by atoms with van der Waals surface area (Å²) in [6.45, 7) is 1.55. The summed E-state index contributed by atoms with van der Waals surface area (Å²) in [5, 5.41) is 9.29. The van der Waals surface area contributed by atoms with E-state index in [1.165, 1.54) is 17.7 Å². The van der Waals surface area contributed by atoms with E-state index in [9.17, 15) is 14.7 Å². The predicted molar refractivity (Wildman–Crippen MR) is 92.2 cm³/mol. The predicted octanol–water partition coefficient (Wildman–Crippen LogP) is 3.09. The van der Waals surface area contributed by atoms with Gasteiger partial charge in [-0.1, -0.05) is 0 Å². The van der Waals surface area contributed by atoms with E-state index in [2.05, 4.69) is 0 Å². The van der Waals surface area contributed by atoms with Crippen molar-refractivity contribution >= 4 is 11.9 Å². The monoisotopic (exact) mass is 347 g/mol. The van der Waals surface area contributed by atoms with Crippen molar-refractivity contribution in [2.24, 2.45) is 0 Å². The molecule has 0 saturated heterocycles. The highest BCUT2D eigenvalue weighted by Gasteiger charge is 2.39. The average Bonchev–Trinajstić information content (AvgIpc) is 3.30. The van der Waals surface area contributed by atoms with Crippen molar-refractivity contribution < 1.29 is 24.2 Å². The Morgan fingerprint density at radius 2 is 1.84 bits per heavy atom. The van der Waals surface area contributed by atoms with E-state index in [-0.39, 0.29) is 18.1 Å². The number of hydrogen-bond donors (Lipinski definition) is 1. The highest BCUT2D eigenvalue weighted by Crippen LogP contribution is 2.35. The molecular weight excluding hydrogens is 322 g/mol. The molecule has 136 valence electrons. The third-order valence-electron chi connectivity index (χ3n) is 4.96. The Bertz CT molecular complexity index is 649. The van der Waals surface area contributed by atoms with E-state index in [1.807, 2.05) is 0 Å². The maximum atomic E-state index is 12.9. The minimum Gasteiger partial charge on any atom is -0.493 e. The largest absolute Gasteiger partial charge is 0.493 e. The number of amides is 1. The number of carboxylic acids is 1. The van der Waals surface area contributed by atoms with Crippen LogP contribution in [0.3, 0.4) is 0 Å². The number of methoxy groups -OCH3 is 1. The highest BCUT2D eigenvalue weighted by molar-refractivity contribution is 5.97. The molecule has 6 heteroatoms. The van der Waals surface area contributed by atoms with Crippen LogP contribution in [-0.4, -0.2) is 47.2 Å². The molecule has 0 heterocycles. The van der Waals surface area contributed by atoms with Crippen LogP contribution in [0.5, 0.6) is 11.5 Å². The van der Waals surface area contributed by atoms with Gasteiger partial charge < -0.3 is 19.5 Å². The molecule has 0 radical (unpaired) electrons. The molecule has 0 bridgehead atoms. The molecule has 1 aromatic carbocycles. The van der Waals surface area contributed by atoms with Crippen LogP contribution >= 0.6 is 0 Å². The number of ether oxygens (including phenoxy) is 2. The van der Waals surface area contributed by atoms with Crippen molar-refractivity contribution in [1.29, 1.82) is 0 Å². The van der Waals surface area contributed by atoms with Crippen LogP contribution in [0.4, 0.5) is 0 Å². The molecule has 2 aliphatic rings. The van der Waals surface area contributed by atoms with Crippen molar-refractivity contribution in [2.45, 2.75) is 63.6 Å². The zero-order valence-electron chi connectivity index (χ0n) is 14.7. The van der Waals surface area contributed by atoms with Gasteiger partial charge in [0.2, 0.25) is 0 Å². The van der Waals surface area contributed by atoms with Crippen molar-refractivity contribution in [1.82, 2.24) is 4.90 Å². The molecule has 1 N–H and O–H groups in total. The van der Waals surface area contributed by atoms with Gasteiger partial charge in [-0.05, 0) is 63.6 Å². The first-order chi connectivity index (χ1) is 12.0. The second-order valence-electron chi connectivity index (χ2n) is 6.85. The molecule has 2 fully saturated rings. The third-order valence-corrected chi connectivity index (χ3v) is 4.96. The van der Waals surface area contributed by atoms with Crippen LogP contribution in [0.25, 0.3) is 0 Å². The van der Waals surface area contributed by atoms with Crippen molar-refractivity contribution in [3.05, 3.63) is 23.8 Å². The fraction of sp³-hybridized carbons (Fsp3) is 0.579. The van der Waals surface area contributed by atoms with Gasteiger partial charge in [0.05, 0.1) is 13.2 Å². The smallest absolute Gasteiger partial charge is 0.326 e. The van der Waals surface area contributed by atoms with Crippen LogP contribution in [-0.2, 0) is 4.79 Å². The van der Waals surface area contributed by atoms with Crippen LogP contribution < -0.4 is 9.47 Å². The summed E-state index contributed by atoms with van der Waals surface area (Å²) in [6.07, 6.45) is 6.32. The minimum atomic E-state index is -0.992. The Balaban J connectivity index is 1.80. The lowest BCUT2D eigenvalue weighted by Crippen LogP contribution is -2.44. The Labute approximate surface area is 147 Å². The molecule has 3 rings (SSSR count). The SMILES string of the molecule is COc1cc(C(=O)N(C2CC2)C(C)C(=O)O)ccc1OC1CCCC1. The summed E-state index contributed by atoms with van der Waals surface area (Å²) >= 11 is 0. The number of benzene rings is 1. The fourth-order valence-corrected chi connectivity index (χ4v) is 3.36. The summed E-state index contributed by atoms with van der Waals surface area (Å²) in [4.78, 5) is 25.7. The second kappa shape index (κ2) is 7.33. The van der Waals surface area contributed by atoms with E-state index in [0.29, 0.717) is 17.1 Å². The number of carboxylic acid groups (broad SMARTS) is 1. The Kier molecular flexibility index (Phi) is 5.16. The molecule has 25 heavy (non-hydrogen) atoms. The van der Waals surface area contributed by atoms with Gasteiger partial charge in [-0.25, -0.2) is 4.79 Å². The second-order valence-corrected chi connectivity index (χ2v) is 6.85. The Morgan fingerprint density at radius 3 is 2.40 bits per heavy atom. The Morgan fingerprint density at radius 1 is 1.16 bits per heavy atom. The quantitative estimate of drug-likeness (QED) is 0.820. The lowest BCUT2D eigenvalue weighted by Gasteiger charge is -2.27. The van der Waals surface area contributed by atoms with Crippen LogP contribution in [0, 0.1) is 0 Å². The number of carbonyl (C=O) groups excluding carboxylic acids is 1. The molecule has 0 aromatic heterocycles. The number of rotatable bonds is 7. The van der Waals surface area contributed by atoms with Gasteiger partial charge in [-0.3, -0.25) is 4.79 Å². The van der Waals surface area contributed by atoms with Gasteiger partial charge in [0.25, 0.3) is 5.91 Å². The zero-order chi connectivity index (χ0) is 18.0. The van der Waals surface area contributed by atoms with Crippen LogP contribution in [0.1, 0.15) is 55.8 Å². The Hall–Kier alpha value is -2.24. The molecule has 6 nitrogen and oxygen atoms in total. The topological polar surface area (TPSA) is 76.1 Å². The first-order valence-electron chi connectivity index (χ1n) is 8.91. The molecule has 1 atom stereocenters. The van der Waals surface area contributed by atoms with Gasteiger partial charge >= 0.3 is 5.97 Å². The van der Waals surface area contributed by atoms with Gasteiger partial charge in [0.1, 0.15) is 6.04 Å². The molecule has 1 amide bonds. The number of carbonyl (C=O) groups is 2. The molecule has 0 spiro atoms. The van der Waals surface area contributed by atoms with E-state index < -0.39 is 12.0 Å². The van der Waals surface area contributed by atoms with Crippen molar-refractivity contribution in [3.63, 3.8) is 0 Å². The lowest BCUT2D eigenvalue weighted by atomic mass is 10.1. The third kappa shape index (κ3) is 3.89. The minimum absolute atomic E-state index is 0.0130. The molecule has 2 saturated carbocycles. The average molecular weight is 347 g/mol. The first kappa shape index (κ1) is 17.6. The van der Waals surface area contributed by atoms with E-state index >= 15 is 0 Å². The van der Waals surface area contributed by atoms with E-state index in [1.54, 1.807) is 32.2 Å². The standard InChI is InChI=1S/C19H25NO5/c1-12(19(22)23)20(14-8-9-14)18(21)13-7-10-16(17(11-13)24-2)25-15-5-3-4-6-15/h7,10-12,14-15H,3-6,8-9H2,1-2H3,(H,22,23). The van der Waals surface area contributed by atoms with Gasteiger partial charge in [0, 0.05) is 11.6 Å². The number of nitrogens with zero attached hydrogens (tertiary/aromatic N) is 1. The summed E-state index contributed by atoms with van der Waals surface area (Å²) in [5.74, 6) is -0.122. The lowest BCUT2D eigenvalue weighted by molar-refractivity contribution is -0.141. The molecule has 0 aliphatic heterocycles. The highest BCUT2D eigenvalue weighted by atomic mass is 16.5. The van der Waals surface area contributed by atoms with Crippen molar-refractivity contribution in [2.75, 3.05) is 7.11 Å². The van der Waals surface area contributed by atoms with E-state index in [0.717, 1.165) is 25.7 Å². The van der Waals surface area contributed by atoms with Crippen molar-refractivity contribution in [3.8, 4) is 11.5 Å². The summed E-state index contributed by atoms with van der Waals surface area (Å²) in [6, 6.07) is 4.26. The number of aliphatic carboxylic acids is 1. The first-order valence-corrected chi connectivity index (χ1v) is 8.91. The molecular formula is C19H25NO5. The molecule has 1 aromatic rings. The van der Waals surface area contributed by atoms with Crippen LogP contribution in [0.15, 0.2) is 18.2 Å². The van der Waals surface area contributed by atoms with Gasteiger partial charge in [-0.2, -0.15) is 0 Å². The normalized spacial score (nSPS) is 18.6. The fourth-order valence-electron chi connectivity index (χ4n) is 3.36. The van der Waals surface area contributed by atoms with Crippen LogP contribution in [0.2, 0.25) is 0 Å². The maximum absolute atomic E-state index is 12.9. The summed E-state index contributed by atoms with van der Waals surface area (Å²) in [7, 11) is 1.55. The molecule has 1 unspecified atom stereocenters. The van der Waals surface area contributed by atoms with E-state index in [4.69, 9.17) is 9.47 Å². The summed E-state index contributed by atoms with van der Waals surface area (Å²) in [5.41, 5.74) is 0.427. The van der Waals surface area contributed by atoms with Gasteiger partial charge in [-0.15, -0.1) is 0 Å².